The molecule has 34 heavy (non-hydrogen) atoms. The molecule has 170 valence electrons. The fourth-order valence-electron chi connectivity index (χ4n) is 3.21. The average molecular weight is 488 g/mol. The molecule has 0 spiro atoms. The lowest BCUT2D eigenvalue weighted by Crippen LogP contribution is -2.19. The Balaban J connectivity index is 1.44. The summed E-state index contributed by atoms with van der Waals surface area (Å²) in [4.78, 5) is 14.1. The molecule has 0 radical (unpaired) electrons. The summed E-state index contributed by atoms with van der Waals surface area (Å²) in [7, 11) is 0. The van der Waals surface area contributed by atoms with Crippen LogP contribution in [0.4, 0.5) is 21.5 Å². The van der Waals surface area contributed by atoms with E-state index in [9.17, 15) is 9.18 Å². The highest BCUT2D eigenvalue weighted by Gasteiger charge is 2.22. The second-order valence-electron chi connectivity index (χ2n) is 7.37. The predicted molar refractivity (Wildman–Crippen MR) is 143 cm³/mol. The summed E-state index contributed by atoms with van der Waals surface area (Å²) in [6, 6.07) is 32.7. The van der Waals surface area contributed by atoms with Crippen LogP contribution in [0.1, 0.15) is 10.8 Å². The quantitative estimate of drug-likeness (QED) is 0.192. The smallest absolute Gasteiger partial charge is 0.242 e. The van der Waals surface area contributed by atoms with Gasteiger partial charge in [-0.15, -0.1) is 11.8 Å². The number of thiocarbonyl (C=S) groups is 1. The van der Waals surface area contributed by atoms with E-state index in [4.69, 9.17) is 12.2 Å². The van der Waals surface area contributed by atoms with Gasteiger partial charge in [0, 0.05) is 22.0 Å². The minimum absolute atomic E-state index is 0.182. The molecule has 4 aromatic rings. The maximum atomic E-state index is 13.2. The number of hydrogen-bond donors (Lipinski definition) is 3. The molecular weight excluding hydrogens is 465 g/mol. The van der Waals surface area contributed by atoms with E-state index in [1.807, 2.05) is 84.9 Å². The fraction of sp³-hybridized carbons (Fsp3) is 0.0370. The number of nitrogens with one attached hydrogen (secondary N) is 3. The molecule has 7 heteroatoms. The predicted octanol–water partition coefficient (Wildman–Crippen LogP) is 7.11. The van der Waals surface area contributed by atoms with Crippen LogP contribution in [-0.2, 0) is 4.79 Å². The van der Waals surface area contributed by atoms with Gasteiger partial charge < -0.3 is 16.0 Å². The van der Waals surface area contributed by atoms with Crippen LogP contribution in [0.3, 0.4) is 0 Å². The van der Waals surface area contributed by atoms with Gasteiger partial charge in [-0.3, -0.25) is 4.79 Å². The number of thioether (sulfide) groups is 1. The molecule has 0 fully saturated rings. The molecule has 0 aliphatic heterocycles. The number of carbonyl (C=O) groups excluding carboxylic acids is 1. The lowest BCUT2D eigenvalue weighted by atomic mass is 10.1. The van der Waals surface area contributed by atoms with E-state index < -0.39 is 5.25 Å². The monoisotopic (exact) mass is 487 g/mol. The molecule has 0 aliphatic carbocycles. The zero-order valence-corrected chi connectivity index (χ0v) is 19.7. The molecule has 3 N–H and O–H groups in total. The van der Waals surface area contributed by atoms with Crippen LogP contribution in [-0.4, -0.2) is 11.0 Å². The molecule has 4 rings (SSSR count). The molecule has 0 bridgehead atoms. The second kappa shape index (κ2) is 11.4. The standard InChI is InChI=1S/C27H22FN3OS2/c28-20-11-13-22(14-12-20)29-26(32)25(19-7-3-1-4-8-19)34-24-17-15-23(16-18-24)31-27(33)30-21-9-5-2-6-10-21/h1-18,25H,(H,29,32)(H2,30,31,33). The highest BCUT2D eigenvalue weighted by Crippen LogP contribution is 2.36. The topological polar surface area (TPSA) is 53.2 Å². The van der Waals surface area contributed by atoms with Crippen LogP contribution < -0.4 is 16.0 Å². The Morgan fingerprint density at radius 1 is 0.676 bits per heavy atom. The second-order valence-corrected chi connectivity index (χ2v) is 8.96. The maximum absolute atomic E-state index is 13.2. The highest BCUT2D eigenvalue weighted by atomic mass is 32.2. The van der Waals surface area contributed by atoms with Crippen molar-refractivity contribution in [3.05, 3.63) is 121 Å². The van der Waals surface area contributed by atoms with Crippen molar-refractivity contribution in [3.63, 3.8) is 0 Å². The SMILES string of the molecule is O=C(Nc1ccc(F)cc1)C(Sc1ccc(NC(=S)Nc2ccccc2)cc1)c1ccccc1. The Kier molecular flexibility index (Phi) is 7.91. The fourth-order valence-corrected chi connectivity index (χ4v) is 4.47. The zero-order chi connectivity index (χ0) is 23.8. The number of hydrogen-bond acceptors (Lipinski definition) is 3. The van der Waals surface area contributed by atoms with Crippen LogP contribution in [0.25, 0.3) is 0 Å². The van der Waals surface area contributed by atoms with Crippen LogP contribution in [0.5, 0.6) is 0 Å². The van der Waals surface area contributed by atoms with E-state index in [0.717, 1.165) is 21.8 Å². The number of para-hydroxylation sites is 1. The van der Waals surface area contributed by atoms with Crippen molar-refractivity contribution in [1.82, 2.24) is 0 Å². The van der Waals surface area contributed by atoms with Gasteiger partial charge in [-0.1, -0.05) is 48.5 Å². The lowest BCUT2D eigenvalue weighted by Gasteiger charge is -2.17. The van der Waals surface area contributed by atoms with Crippen LogP contribution in [0, 0.1) is 5.82 Å². The molecule has 0 heterocycles. The first-order valence-corrected chi connectivity index (χ1v) is 11.9. The highest BCUT2D eigenvalue weighted by molar-refractivity contribution is 8.00. The van der Waals surface area contributed by atoms with Gasteiger partial charge in [0.1, 0.15) is 11.1 Å². The number of anilines is 3. The third-order valence-corrected chi connectivity index (χ3v) is 6.32. The van der Waals surface area contributed by atoms with Gasteiger partial charge in [0.05, 0.1) is 0 Å². The Morgan fingerprint density at radius 2 is 1.18 bits per heavy atom. The average Bonchev–Trinajstić information content (AvgIpc) is 2.86. The van der Waals surface area contributed by atoms with Gasteiger partial charge in [0.2, 0.25) is 5.91 Å². The third kappa shape index (κ3) is 6.66. The molecule has 1 unspecified atom stereocenters. The van der Waals surface area contributed by atoms with Crippen molar-refractivity contribution in [1.29, 1.82) is 0 Å². The first-order chi connectivity index (χ1) is 16.6. The van der Waals surface area contributed by atoms with Crippen molar-refractivity contribution < 1.29 is 9.18 Å². The van der Waals surface area contributed by atoms with Crippen LogP contribution >= 0.6 is 24.0 Å². The molecule has 0 saturated carbocycles. The number of rotatable bonds is 7. The van der Waals surface area contributed by atoms with Crippen molar-refractivity contribution >= 4 is 52.1 Å². The zero-order valence-electron chi connectivity index (χ0n) is 18.1. The third-order valence-electron chi connectivity index (χ3n) is 4.85. The van der Waals surface area contributed by atoms with Gasteiger partial charge in [0.15, 0.2) is 5.11 Å². The maximum Gasteiger partial charge on any atom is 0.242 e. The van der Waals surface area contributed by atoms with Gasteiger partial charge in [0.25, 0.3) is 0 Å². The number of carbonyl (C=O) groups is 1. The minimum atomic E-state index is -0.481. The van der Waals surface area contributed by atoms with Crippen molar-refractivity contribution in [2.24, 2.45) is 0 Å². The first kappa shape index (κ1) is 23.5. The first-order valence-electron chi connectivity index (χ1n) is 10.6. The van der Waals surface area contributed by atoms with Crippen LogP contribution in [0.2, 0.25) is 0 Å². The number of halogens is 1. The van der Waals surface area contributed by atoms with E-state index in [0.29, 0.717) is 10.8 Å². The summed E-state index contributed by atoms with van der Waals surface area (Å²) in [5.41, 5.74) is 3.17. The van der Waals surface area contributed by atoms with Gasteiger partial charge >= 0.3 is 0 Å². The molecule has 0 saturated heterocycles. The summed E-state index contributed by atoms with van der Waals surface area (Å²) in [5.74, 6) is -0.530. The summed E-state index contributed by atoms with van der Waals surface area (Å²) >= 11 is 6.83. The number of benzene rings is 4. The van der Waals surface area contributed by atoms with E-state index in [2.05, 4.69) is 16.0 Å². The minimum Gasteiger partial charge on any atom is -0.332 e. The lowest BCUT2D eigenvalue weighted by molar-refractivity contribution is -0.115. The van der Waals surface area contributed by atoms with E-state index in [-0.39, 0.29) is 11.7 Å². The van der Waals surface area contributed by atoms with Crippen LogP contribution in [0.15, 0.2) is 114 Å². The van der Waals surface area contributed by atoms with Gasteiger partial charge in [-0.2, -0.15) is 0 Å². The molecule has 4 aromatic carbocycles. The molecular formula is C27H22FN3OS2. The van der Waals surface area contributed by atoms with Gasteiger partial charge in [-0.05, 0) is 78.4 Å². The molecule has 0 aliphatic rings. The summed E-state index contributed by atoms with van der Waals surface area (Å²) in [5, 5.41) is 9.20. The van der Waals surface area contributed by atoms with Crippen molar-refractivity contribution in [3.8, 4) is 0 Å². The summed E-state index contributed by atoms with van der Waals surface area (Å²) in [6.07, 6.45) is 0. The number of amides is 1. The Labute approximate surface area is 207 Å². The Morgan fingerprint density at radius 3 is 1.79 bits per heavy atom. The Bertz CT molecular complexity index is 1230. The normalized spacial score (nSPS) is 11.3. The van der Waals surface area contributed by atoms with E-state index in [1.54, 1.807) is 12.1 Å². The molecule has 4 nitrogen and oxygen atoms in total. The van der Waals surface area contributed by atoms with Gasteiger partial charge in [-0.25, -0.2) is 4.39 Å². The Hall–Kier alpha value is -3.68. The molecule has 1 atom stereocenters. The van der Waals surface area contributed by atoms with Crippen molar-refractivity contribution in [2.75, 3.05) is 16.0 Å². The largest absolute Gasteiger partial charge is 0.332 e. The van der Waals surface area contributed by atoms with Crippen molar-refractivity contribution in [2.45, 2.75) is 10.1 Å². The molecule has 1 amide bonds. The summed E-state index contributed by atoms with van der Waals surface area (Å²) < 4.78 is 13.2. The summed E-state index contributed by atoms with van der Waals surface area (Å²) in [6.45, 7) is 0. The molecule has 0 aromatic heterocycles. The van der Waals surface area contributed by atoms with E-state index >= 15 is 0 Å². The van der Waals surface area contributed by atoms with E-state index in [1.165, 1.54) is 23.9 Å².